The van der Waals surface area contributed by atoms with E-state index in [0.29, 0.717) is 5.69 Å². The van der Waals surface area contributed by atoms with E-state index in [1.807, 2.05) is 0 Å². The normalized spacial score (nSPS) is 10.6. The first-order valence-electron chi connectivity index (χ1n) is 3.55. The molecular weight excluding hydrogens is 193 g/mol. The van der Waals surface area contributed by atoms with Crippen LogP contribution in [-0.2, 0) is 6.80 Å². The number of thiol groups is 1. The molecule has 13 heavy (non-hydrogen) atoms. The van der Waals surface area contributed by atoms with Crippen LogP contribution in [-0.4, -0.2) is 14.8 Å². The summed E-state index contributed by atoms with van der Waals surface area (Å²) in [6.07, 6.45) is 1.59. The molecule has 0 saturated carbocycles. The zero-order valence-corrected chi connectivity index (χ0v) is 7.41. The Kier molecular flexibility index (Phi) is 2.05. The van der Waals surface area contributed by atoms with Gasteiger partial charge in [0.15, 0.2) is 6.80 Å². The second kappa shape index (κ2) is 3.21. The third-order valence-electron chi connectivity index (χ3n) is 1.59. The molecule has 2 aromatic rings. The molecule has 0 bridgehead atoms. The zero-order chi connectivity index (χ0) is 9.26. The van der Waals surface area contributed by atoms with Gasteiger partial charge in [-0.3, -0.25) is 0 Å². The Morgan fingerprint density at radius 3 is 3.00 bits per heavy atom. The van der Waals surface area contributed by atoms with Gasteiger partial charge >= 0.3 is 0 Å². The molecule has 0 spiro atoms. The van der Waals surface area contributed by atoms with E-state index in [-0.39, 0.29) is 11.1 Å². The predicted octanol–water partition coefficient (Wildman–Crippen LogP) is 1.75. The minimum absolute atomic E-state index is 0.168. The van der Waals surface area contributed by atoms with Crippen LogP contribution in [0.15, 0.2) is 28.0 Å². The average molecular weight is 199 g/mol. The number of alkyl halides is 1. The first-order chi connectivity index (χ1) is 6.31. The van der Waals surface area contributed by atoms with Crippen molar-refractivity contribution < 1.29 is 8.81 Å². The zero-order valence-electron chi connectivity index (χ0n) is 6.51. The Morgan fingerprint density at radius 1 is 1.54 bits per heavy atom. The molecule has 2 rings (SSSR count). The van der Waals surface area contributed by atoms with Gasteiger partial charge in [0, 0.05) is 6.20 Å². The summed E-state index contributed by atoms with van der Waals surface area (Å²) in [6.45, 7) is -0.618. The van der Waals surface area contributed by atoms with E-state index in [9.17, 15) is 4.39 Å². The lowest BCUT2D eigenvalue weighted by molar-refractivity contribution is 0.376. The third-order valence-corrected chi connectivity index (χ3v) is 1.77. The summed E-state index contributed by atoms with van der Waals surface area (Å²) >= 11 is 3.86. The van der Waals surface area contributed by atoms with Crippen molar-refractivity contribution in [2.75, 3.05) is 0 Å². The van der Waals surface area contributed by atoms with Crippen LogP contribution in [0.2, 0.25) is 0 Å². The van der Waals surface area contributed by atoms with Gasteiger partial charge in [0.25, 0.3) is 11.1 Å². The summed E-state index contributed by atoms with van der Waals surface area (Å²) < 4.78 is 18.8. The number of nitrogens with zero attached hydrogens (tertiary/aromatic N) is 3. The molecule has 0 N–H and O–H groups in total. The maximum Gasteiger partial charge on any atom is 0.273 e. The Morgan fingerprint density at radius 2 is 2.38 bits per heavy atom. The molecule has 0 atom stereocenters. The van der Waals surface area contributed by atoms with Gasteiger partial charge in [-0.2, -0.15) is 0 Å². The molecule has 2 heterocycles. The summed E-state index contributed by atoms with van der Waals surface area (Å²) in [4.78, 5) is 0. The molecule has 68 valence electrons. The van der Waals surface area contributed by atoms with Crippen LogP contribution < -0.4 is 0 Å². The third kappa shape index (κ3) is 1.44. The fourth-order valence-corrected chi connectivity index (χ4v) is 1.16. The fourth-order valence-electron chi connectivity index (χ4n) is 1.03. The van der Waals surface area contributed by atoms with E-state index in [0.717, 1.165) is 0 Å². The Bertz CT molecular complexity index is 411. The predicted molar refractivity (Wildman–Crippen MR) is 46.1 cm³/mol. The molecule has 0 aromatic carbocycles. The molecule has 0 saturated heterocycles. The first kappa shape index (κ1) is 8.31. The second-order valence-corrected chi connectivity index (χ2v) is 2.76. The Hall–Kier alpha value is -1.30. The van der Waals surface area contributed by atoms with Gasteiger partial charge in [-0.15, -0.1) is 10.2 Å². The molecular formula is C7H6FN3OS. The molecule has 0 unspecified atom stereocenters. The monoisotopic (exact) mass is 199 g/mol. The van der Waals surface area contributed by atoms with Crippen LogP contribution in [0, 0.1) is 0 Å². The van der Waals surface area contributed by atoms with Crippen LogP contribution in [0.3, 0.4) is 0 Å². The lowest BCUT2D eigenvalue weighted by Gasteiger charge is -1.97. The molecule has 0 aliphatic heterocycles. The molecule has 0 fully saturated rings. The topological polar surface area (TPSA) is 43.9 Å². The summed E-state index contributed by atoms with van der Waals surface area (Å²) in [5, 5.41) is 7.41. The van der Waals surface area contributed by atoms with E-state index in [1.54, 1.807) is 18.3 Å². The molecule has 6 heteroatoms. The van der Waals surface area contributed by atoms with Crippen LogP contribution >= 0.6 is 12.6 Å². The number of halogens is 1. The molecule has 2 aromatic heterocycles. The van der Waals surface area contributed by atoms with Crippen molar-refractivity contribution in [3.8, 4) is 11.6 Å². The molecule has 0 amide bonds. The quantitative estimate of drug-likeness (QED) is 0.749. The van der Waals surface area contributed by atoms with Crippen molar-refractivity contribution in [2.45, 2.75) is 12.0 Å². The highest BCUT2D eigenvalue weighted by Gasteiger charge is 2.09. The summed E-state index contributed by atoms with van der Waals surface area (Å²) in [7, 11) is 0. The van der Waals surface area contributed by atoms with Gasteiger partial charge in [-0.05, 0) is 12.1 Å². The number of aromatic nitrogens is 3. The van der Waals surface area contributed by atoms with Gasteiger partial charge in [0.2, 0.25) is 0 Å². The standard InChI is InChI=1S/C7H6FN3OS/c8-4-11-3-1-2-5(11)6-9-10-7(13)12-6/h1-3H,4H2,(H,10,13). The van der Waals surface area contributed by atoms with Crippen molar-refractivity contribution in [2.24, 2.45) is 0 Å². The van der Waals surface area contributed by atoms with Crippen molar-refractivity contribution in [1.29, 1.82) is 0 Å². The summed E-state index contributed by atoms with van der Waals surface area (Å²) in [5.74, 6) is 0.271. The maximum absolute atomic E-state index is 12.4. The van der Waals surface area contributed by atoms with Crippen molar-refractivity contribution in [3.63, 3.8) is 0 Å². The minimum atomic E-state index is -0.618. The lowest BCUT2D eigenvalue weighted by atomic mass is 10.4. The van der Waals surface area contributed by atoms with Crippen LogP contribution in [0.5, 0.6) is 0 Å². The van der Waals surface area contributed by atoms with Gasteiger partial charge in [0.1, 0.15) is 5.69 Å². The van der Waals surface area contributed by atoms with E-state index in [4.69, 9.17) is 4.42 Å². The summed E-state index contributed by atoms with van der Waals surface area (Å²) in [5.41, 5.74) is 0.551. The van der Waals surface area contributed by atoms with Gasteiger partial charge in [-0.25, -0.2) is 4.39 Å². The van der Waals surface area contributed by atoms with Crippen LogP contribution in [0.1, 0.15) is 0 Å². The van der Waals surface area contributed by atoms with Crippen molar-refractivity contribution >= 4 is 12.6 Å². The Labute approximate surface area is 78.8 Å². The summed E-state index contributed by atoms with van der Waals surface area (Å²) in [6, 6.07) is 3.40. The highest BCUT2D eigenvalue weighted by Crippen LogP contribution is 2.19. The number of hydrogen-bond donors (Lipinski definition) is 1. The van der Waals surface area contributed by atoms with Crippen molar-refractivity contribution in [1.82, 2.24) is 14.8 Å². The lowest BCUT2D eigenvalue weighted by Crippen LogP contribution is -1.93. The number of rotatable bonds is 2. The molecule has 0 radical (unpaired) electrons. The minimum Gasteiger partial charge on any atom is -0.410 e. The SMILES string of the molecule is FCn1cccc1-c1nnc(S)o1. The van der Waals surface area contributed by atoms with Crippen LogP contribution in [0.4, 0.5) is 4.39 Å². The van der Waals surface area contributed by atoms with Crippen molar-refractivity contribution in [3.05, 3.63) is 18.3 Å². The van der Waals surface area contributed by atoms with Gasteiger partial charge in [-0.1, -0.05) is 12.6 Å². The smallest absolute Gasteiger partial charge is 0.273 e. The first-order valence-corrected chi connectivity index (χ1v) is 4.00. The van der Waals surface area contributed by atoms with E-state index >= 15 is 0 Å². The fraction of sp³-hybridized carbons (Fsp3) is 0.143. The largest absolute Gasteiger partial charge is 0.410 e. The van der Waals surface area contributed by atoms with E-state index in [2.05, 4.69) is 22.8 Å². The molecule has 0 aliphatic rings. The van der Waals surface area contributed by atoms with Gasteiger partial charge < -0.3 is 8.98 Å². The van der Waals surface area contributed by atoms with Crippen LogP contribution in [0.25, 0.3) is 11.6 Å². The Balaban J connectivity index is 2.45. The second-order valence-electron chi connectivity index (χ2n) is 2.37. The van der Waals surface area contributed by atoms with E-state index in [1.165, 1.54) is 4.57 Å². The highest BCUT2D eigenvalue weighted by molar-refractivity contribution is 7.80. The molecule has 4 nitrogen and oxygen atoms in total. The van der Waals surface area contributed by atoms with Gasteiger partial charge in [0.05, 0.1) is 0 Å². The maximum atomic E-state index is 12.4. The number of hydrogen-bond acceptors (Lipinski definition) is 4. The highest BCUT2D eigenvalue weighted by atomic mass is 32.1. The van der Waals surface area contributed by atoms with E-state index < -0.39 is 6.80 Å². The molecule has 0 aliphatic carbocycles. The average Bonchev–Trinajstić information content (AvgIpc) is 2.71.